The number of halogens is 1. The molecule has 2 atom stereocenters. The summed E-state index contributed by atoms with van der Waals surface area (Å²) < 4.78 is 0. The molecular formula is C20H25ClN4O2. The van der Waals surface area contributed by atoms with Gasteiger partial charge in [-0.3, -0.25) is 9.69 Å². The molecule has 0 unspecified atom stereocenters. The summed E-state index contributed by atoms with van der Waals surface area (Å²) in [5.74, 6) is -0.119. The van der Waals surface area contributed by atoms with Gasteiger partial charge in [-0.2, -0.15) is 0 Å². The first kappa shape index (κ1) is 18.3. The van der Waals surface area contributed by atoms with Crippen molar-refractivity contribution < 1.29 is 9.59 Å². The van der Waals surface area contributed by atoms with Gasteiger partial charge in [0.1, 0.15) is 5.54 Å². The largest absolute Gasteiger partial charge is 0.356 e. The molecule has 3 heterocycles. The van der Waals surface area contributed by atoms with Crippen LogP contribution in [0, 0.1) is 0 Å². The van der Waals surface area contributed by atoms with E-state index >= 15 is 0 Å². The van der Waals surface area contributed by atoms with Crippen LogP contribution in [0.15, 0.2) is 18.2 Å². The highest BCUT2D eigenvalue weighted by atomic mass is 35.5. The van der Waals surface area contributed by atoms with E-state index in [0.29, 0.717) is 30.6 Å². The van der Waals surface area contributed by atoms with Crippen molar-refractivity contribution >= 4 is 34.4 Å². The lowest BCUT2D eigenvalue weighted by atomic mass is 9.83. The average Bonchev–Trinajstić information content (AvgIpc) is 3.03. The summed E-state index contributed by atoms with van der Waals surface area (Å²) in [5.41, 5.74) is 2.20. The highest BCUT2D eigenvalue weighted by molar-refractivity contribution is 6.31. The fourth-order valence-electron chi connectivity index (χ4n) is 4.50. The van der Waals surface area contributed by atoms with Crippen molar-refractivity contribution in [1.29, 1.82) is 0 Å². The van der Waals surface area contributed by atoms with E-state index in [4.69, 9.17) is 11.6 Å². The molecule has 0 aliphatic carbocycles. The van der Waals surface area contributed by atoms with Gasteiger partial charge in [-0.1, -0.05) is 25.4 Å². The number of benzene rings is 1. The van der Waals surface area contributed by atoms with Crippen molar-refractivity contribution in [2.75, 3.05) is 13.1 Å². The first-order valence-corrected chi connectivity index (χ1v) is 9.80. The van der Waals surface area contributed by atoms with Crippen molar-refractivity contribution in [3.8, 4) is 0 Å². The lowest BCUT2D eigenvalue weighted by Gasteiger charge is -2.40. The summed E-state index contributed by atoms with van der Waals surface area (Å²) in [7, 11) is 0. The second-order valence-electron chi connectivity index (χ2n) is 8.05. The van der Waals surface area contributed by atoms with Crippen LogP contribution >= 0.6 is 11.6 Å². The molecule has 2 aliphatic heterocycles. The molecule has 6 nitrogen and oxygen atoms in total. The number of hydrogen-bond acceptors (Lipinski definition) is 3. The smallest absolute Gasteiger partial charge is 0.328 e. The molecule has 2 aromatic rings. The van der Waals surface area contributed by atoms with E-state index in [1.165, 1.54) is 4.90 Å². The van der Waals surface area contributed by atoms with Gasteiger partial charge in [0.2, 0.25) is 0 Å². The Morgan fingerprint density at radius 2 is 2.11 bits per heavy atom. The molecule has 0 spiro atoms. The second kappa shape index (κ2) is 6.24. The molecule has 2 N–H and O–H groups in total. The number of H-pyrrole nitrogens is 1. The number of aromatic nitrogens is 1. The van der Waals surface area contributed by atoms with Gasteiger partial charge >= 0.3 is 6.03 Å². The summed E-state index contributed by atoms with van der Waals surface area (Å²) in [5, 5.41) is 4.97. The lowest BCUT2D eigenvalue weighted by molar-refractivity contribution is -0.133. The van der Waals surface area contributed by atoms with Crippen LogP contribution in [0.5, 0.6) is 0 Å². The molecule has 1 fully saturated rings. The van der Waals surface area contributed by atoms with Crippen LogP contribution in [0.25, 0.3) is 10.9 Å². The van der Waals surface area contributed by atoms with Crippen LogP contribution in [-0.4, -0.2) is 51.4 Å². The van der Waals surface area contributed by atoms with Crippen molar-refractivity contribution in [3.05, 3.63) is 34.5 Å². The maximum atomic E-state index is 13.2. The number of carbonyl (C=O) groups is 2. The molecule has 1 saturated heterocycles. The first-order valence-electron chi connectivity index (χ1n) is 9.42. The molecule has 7 heteroatoms. The maximum absolute atomic E-state index is 13.2. The van der Waals surface area contributed by atoms with Gasteiger partial charge in [0.05, 0.1) is 6.04 Å². The normalized spacial score (nSPS) is 24.9. The molecule has 3 amide bonds. The summed E-state index contributed by atoms with van der Waals surface area (Å²) in [6, 6.07) is 5.63. The number of nitrogens with zero attached hydrogens (tertiary/aromatic N) is 2. The number of urea groups is 1. The van der Waals surface area contributed by atoms with Gasteiger partial charge in [-0.15, -0.1) is 0 Å². The quantitative estimate of drug-likeness (QED) is 0.788. The van der Waals surface area contributed by atoms with Crippen molar-refractivity contribution in [3.63, 3.8) is 0 Å². The van der Waals surface area contributed by atoms with Crippen LogP contribution < -0.4 is 5.32 Å². The number of hydrogen-bond donors (Lipinski definition) is 2. The minimum Gasteiger partial charge on any atom is -0.356 e. The Bertz CT molecular complexity index is 937. The number of nitrogens with one attached hydrogen (secondary N) is 2. The fourth-order valence-corrected chi connectivity index (χ4v) is 4.67. The Hall–Kier alpha value is -2.05. The van der Waals surface area contributed by atoms with Gasteiger partial charge in [0.15, 0.2) is 0 Å². The third-order valence-corrected chi connectivity index (χ3v) is 6.02. The Morgan fingerprint density at radius 3 is 2.81 bits per heavy atom. The third-order valence-electron chi connectivity index (χ3n) is 5.79. The van der Waals surface area contributed by atoms with Gasteiger partial charge in [0.25, 0.3) is 5.91 Å². The van der Waals surface area contributed by atoms with Crippen LogP contribution in [-0.2, 0) is 11.2 Å². The first-order chi connectivity index (χ1) is 12.7. The van der Waals surface area contributed by atoms with Crippen LogP contribution in [0.4, 0.5) is 4.79 Å². The second-order valence-corrected chi connectivity index (χ2v) is 8.49. The van der Waals surface area contributed by atoms with Gasteiger partial charge in [-0.25, -0.2) is 4.79 Å². The highest BCUT2D eigenvalue weighted by Crippen LogP contribution is 2.46. The standard InChI is InChI=1S/C20H25ClN4O2/c1-11(2)22-7-8-24-18(26)20(4)10-15-14-9-13(21)5-6-16(14)23-17(15)12(3)25(20)19(24)27/h5-6,9,11-12,22-23H,7-8,10H2,1-4H3/t12-,20+/m1/s1. The highest BCUT2D eigenvalue weighted by Gasteiger charge is 2.58. The van der Waals surface area contributed by atoms with E-state index in [0.717, 1.165) is 22.2 Å². The monoisotopic (exact) mass is 388 g/mol. The topological polar surface area (TPSA) is 68.4 Å². The molecule has 4 rings (SSSR count). The van der Waals surface area contributed by atoms with Crippen molar-refractivity contribution in [2.24, 2.45) is 0 Å². The minimum atomic E-state index is -0.862. The Labute approximate surface area is 163 Å². The minimum absolute atomic E-state index is 0.119. The molecule has 144 valence electrons. The van der Waals surface area contributed by atoms with Crippen molar-refractivity contribution in [2.45, 2.75) is 51.7 Å². The van der Waals surface area contributed by atoms with Gasteiger partial charge in [0, 0.05) is 47.2 Å². The van der Waals surface area contributed by atoms with E-state index in [9.17, 15) is 9.59 Å². The molecule has 27 heavy (non-hydrogen) atoms. The summed E-state index contributed by atoms with van der Waals surface area (Å²) in [6.07, 6.45) is 0.492. The van der Waals surface area contributed by atoms with Gasteiger partial charge < -0.3 is 15.2 Å². The Kier molecular flexibility index (Phi) is 4.24. The molecular weight excluding hydrogens is 364 g/mol. The SMILES string of the molecule is CC(C)NCCN1C(=O)N2[C@H](C)c3[nH]c4ccc(Cl)cc4c3C[C@@]2(C)C1=O. The van der Waals surface area contributed by atoms with E-state index in [2.05, 4.69) is 10.3 Å². The lowest BCUT2D eigenvalue weighted by Crippen LogP contribution is -2.52. The van der Waals surface area contributed by atoms with E-state index < -0.39 is 5.54 Å². The van der Waals surface area contributed by atoms with E-state index in [-0.39, 0.29) is 18.0 Å². The average molecular weight is 389 g/mol. The molecule has 1 aromatic carbocycles. The summed E-state index contributed by atoms with van der Waals surface area (Å²) >= 11 is 6.20. The zero-order valence-corrected chi connectivity index (χ0v) is 16.9. The van der Waals surface area contributed by atoms with Crippen molar-refractivity contribution in [1.82, 2.24) is 20.1 Å². The molecule has 1 aromatic heterocycles. The Morgan fingerprint density at radius 1 is 1.37 bits per heavy atom. The zero-order valence-electron chi connectivity index (χ0n) is 16.1. The van der Waals surface area contributed by atoms with Crippen LogP contribution in [0.3, 0.4) is 0 Å². The predicted octanol–water partition coefficient (Wildman–Crippen LogP) is 3.46. The van der Waals surface area contributed by atoms with Crippen LogP contribution in [0.2, 0.25) is 5.02 Å². The number of imide groups is 1. The fraction of sp³-hybridized carbons (Fsp3) is 0.500. The van der Waals surface area contributed by atoms with Crippen LogP contribution in [0.1, 0.15) is 45.0 Å². The molecule has 0 bridgehead atoms. The maximum Gasteiger partial charge on any atom is 0.328 e. The molecule has 2 aliphatic rings. The van der Waals surface area contributed by atoms with Gasteiger partial charge in [-0.05, 0) is 37.6 Å². The Balaban J connectivity index is 1.72. The number of carbonyl (C=O) groups excluding carboxylic acids is 2. The zero-order chi connectivity index (χ0) is 19.5. The number of aromatic amines is 1. The predicted molar refractivity (Wildman–Crippen MR) is 106 cm³/mol. The number of amides is 3. The summed E-state index contributed by atoms with van der Waals surface area (Å²) in [6.45, 7) is 8.93. The number of fused-ring (bicyclic) bond motifs is 4. The van der Waals surface area contributed by atoms with E-state index in [1.54, 1.807) is 4.90 Å². The summed E-state index contributed by atoms with van der Waals surface area (Å²) in [4.78, 5) is 32.9. The molecule has 0 saturated carbocycles. The van der Waals surface area contributed by atoms with E-state index in [1.807, 2.05) is 45.9 Å². The number of rotatable bonds is 4. The molecule has 0 radical (unpaired) electrons. The third kappa shape index (κ3) is 2.65.